The molecule has 0 amide bonds. The van der Waals surface area contributed by atoms with E-state index in [0.717, 1.165) is 66.9 Å². The molecule has 6 heterocycles. The third kappa shape index (κ3) is 4.41. The molecule has 8 heteroatoms. The van der Waals surface area contributed by atoms with Crippen molar-refractivity contribution in [2.75, 3.05) is 46.2 Å². The van der Waals surface area contributed by atoms with E-state index >= 15 is 0 Å². The van der Waals surface area contributed by atoms with Gasteiger partial charge in [-0.2, -0.15) is 0 Å². The highest BCUT2D eigenvalue weighted by molar-refractivity contribution is 6.14. The van der Waals surface area contributed by atoms with Crippen molar-refractivity contribution in [2.24, 2.45) is 29.6 Å². The third-order valence-corrected chi connectivity index (χ3v) is 14.0. The fraction of sp³-hybridized carbons (Fsp3) is 0.561. The molecule has 49 heavy (non-hydrogen) atoms. The number of allylic oxidation sites excluding steroid dienone is 1. The lowest BCUT2D eigenvalue weighted by molar-refractivity contribution is -0.151. The average molecular weight is 663 g/mol. The number of fused-ring (bicyclic) bond motifs is 7. The Balaban J connectivity index is 1.19. The van der Waals surface area contributed by atoms with Gasteiger partial charge in [0.25, 0.3) is 0 Å². The Kier molecular flexibility index (Phi) is 7.33. The minimum Gasteiger partial charge on any atom is -0.496 e. The van der Waals surface area contributed by atoms with Crippen molar-refractivity contribution in [3.63, 3.8) is 0 Å². The number of anilines is 1. The molecular weight excluding hydrogens is 612 g/mol. The largest absolute Gasteiger partial charge is 0.496 e. The van der Waals surface area contributed by atoms with Gasteiger partial charge < -0.3 is 19.8 Å². The third-order valence-electron chi connectivity index (χ3n) is 14.0. The van der Waals surface area contributed by atoms with Crippen molar-refractivity contribution in [2.45, 2.75) is 75.9 Å². The SMILES string of the molecule is CC=C1CN(C)[C@H]2Cc3c([nH]c4ccccc34)[C@@H](c3cc4c(cc3OC)C(=O)[C@@]3(CCN5C[C@H]6C[C@H](CC)[C@H]5[C@H]3C6)N4)C[C@H]1[C@@H]2C(=O)OC. The summed E-state index contributed by atoms with van der Waals surface area (Å²) in [5.41, 5.74) is 7.05. The summed E-state index contributed by atoms with van der Waals surface area (Å²) in [4.78, 5) is 37.4. The van der Waals surface area contributed by atoms with Gasteiger partial charge in [-0.1, -0.05) is 43.2 Å². The highest BCUT2D eigenvalue weighted by Crippen LogP contribution is 2.57. The molecule has 10 atom stereocenters. The molecule has 8 nitrogen and oxygen atoms in total. The van der Waals surface area contributed by atoms with Gasteiger partial charge in [-0.25, -0.2) is 0 Å². The van der Waals surface area contributed by atoms with E-state index in [1.807, 2.05) is 6.07 Å². The Morgan fingerprint density at radius 3 is 2.76 bits per heavy atom. The molecule has 1 aromatic heterocycles. The maximum atomic E-state index is 14.7. The summed E-state index contributed by atoms with van der Waals surface area (Å²) in [6.45, 7) is 7.42. The Hall–Kier alpha value is -3.62. The first kappa shape index (κ1) is 31.4. The maximum absolute atomic E-state index is 14.7. The quantitative estimate of drug-likeness (QED) is 0.247. The van der Waals surface area contributed by atoms with Crippen LogP contribution in [0.3, 0.4) is 0 Å². The van der Waals surface area contributed by atoms with Crippen LogP contribution in [0.4, 0.5) is 5.69 Å². The van der Waals surface area contributed by atoms with E-state index < -0.39 is 5.54 Å². The smallest absolute Gasteiger partial charge is 0.310 e. The van der Waals surface area contributed by atoms with E-state index in [0.29, 0.717) is 23.8 Å². The van der Waals surface area contributed by atoms with Gasteiger partial charge in [0.05, 0.1) is 20.1 Å². The molecule has 4 saturated heterocycles. The number of para-hydroxylation sites is 1. The number of carbonyl (C=O) groups is 2. The standard InChI is InChI=1S/C41H50N4O4/c1-6-23-14-22-15-31-38(23)45(20-22)13-12-41(31)39(46)30-19-35(48-4)27(17-33(30)43-41)28-16-26-24(7-2)21-44(3)34(36(26)40(47)49-5)18-29-25-10-8-9-11-32(25)42-37(28)29/h7-11,17,19,22-23,26,28,31,34,36,38,42-43H,6,12-16,18,20-21H2,1-5H3/t22-,23-,26+,28+,31+,34-,36-,38-,41-/m0/s1. The Labute approximate surface area is 289 Å². The number of hydrogen-bond donors (Lipinski definition) is 2. The number of methoxy groups -OCH3 is 2. The van der Waals surface area contributed by atoms with Gasteiger partial charge in [-0.3, -0.25) is 19.4 Å². The zero-order valence-electron chi connectivity index (χ0n) is 29.6. The van der Waals surface area contributed by atoms with E-state index in [1.165, 1.54) is 48.7 Å². The summed E-state index contributed by atoms with van der Waals surface area (Å²) in [6, 6.07) is 13.3. The van der Waals surface area contributed by atoms with Gasteiger partial charge in [0.2, 0.25) is 0 Å². The number of nitrogens with zero attached hydrogens (tertiary/aromatic N) is 2. The van der Waals surface area contributed by atoms with Crippen LogP contribution in [0.15, 0.2) is 48.0 Å². The second-order valence-electron chi connectivity index (χ2n) is 16.0. The normalized spacial score (nSPS) is 37.0. The number of Topliss-reactive ketones (excluding diaryl/α,β-unsaturated/α-hetero) is 1. The first-order valence-electron chi connectivity index (χ1n) is 18.6. The Morgan fingerprint density at radius 2 is 1.98 bits per heavy atom. The zero-order valence-corrected chi connectivity index (χ0v) is 29.6. The molecule has 2 N–H and O–H groups in total. The molecule has 6 bridgehead atoms. The second kappa shape index (κ2) is 11.5. The van der Waals surface area contributed by atoms with Crippen LogP contribution < -0.4 is 10.1 Å². The number of likely N-dealkylation sites (tertiary alicyclic amines) is 1. The highest BCUT2D eigenvalue weighted by Gasteiger charge is 2.62. The molecule has 1 spiro atoms. The van der Waals surface area contributed by atoms with Gasteiger partial charge >= 0.3 is 5.97 Å². The Bertz CT molecular complexity index is 1870. The summed E-state index contributed by atoms with van der Waals surface area (Å²) in [6.07, 6.45) is 8.14. The number of carbonyl (C=O) groups excluding carboxylic acids is 2. The number of ketones is 1. The molecule has 2 aliphatic carbocycles. The van der Waals surface area contributed by atoms with Crippen LogP contribution in [0.1, 0.15) is 79.0 Å². The molecule has 5 fully saturated rings. The number of esters is 1. The van der Waals surface area contributed by atoms with Crippen molar-refractivity contribution in [1.82, 2.24) is 14.8 Å². The van der Waals surface area contributed by atoms with Gasteiger partial charge in [0.1, 0.15) is 11.3 Å². The number of piperidine rings is 4. The van der Waals surface area contributed by atoms with E-state index in [9.17, 15) is 9.59 Å². The molecule has 1 saturated carbocycles. The maximum Gasteiger partial charge on any atom is 0.310 e. The number of ether oxygens (including phenoxy) is 2. The lowest BCUT2D eigenvalue weighted by atomic mass is 9.56. The number of aromatic amines is 1. The first-order chi connectivity index (χ1) is 23.8. The lowest BCUT2D eigenvalue weighted by Crippen LogP contribution is -2.70. The molecule has 10 rings (SSSR count). The summed E-state index contributed by atoms with van der Waals surface area (Å²) in [5, 5.41) is 5.17. The molecule has 7 aliphatic rings. The van der Waals surface area contributed by atoms with Gasteiger partial charge in [0.15, 0.2) is 5.78 Å². The van der Waals surface area contributed by atoms with Crippen LogP contribution in [0.25, 0.3) is 10.9 Å². The minimum atomic E-state index is -0.553. The molecule has 0 radical (unpaired) electrons. The van der Waals surface area contributed by atoms with Gasteiger partial charge in [0, 0.05) is 77.0 Å². The van der Waals surface area contributed by atoms with Crippen LogP contribution in [-0.2, 0) is 16.0 Å². The van der Waals surface area contributed by atoms with E-state index in [2.05, 4.69) is 77.4 Å². The van der Waals surface area contributed by atoms with Crippen molar-refractivity contribution in [3.8, 4) is 5.75 Å². The van der Waals surface area contributed by atoms with Crippen molar-refractivity contribution in [3.05, 3.63) is 70.4 Å². The summed E-state index contributed by atoms with van der Waals surface area (Å²) in [5.74, 6) is 2.16. The monoisotopic (exact) mass is 662 g/mol. The van der Waals surface area contributed by atoms with Gasteiger partial charge in [-0.05, 0) is 87.6 Å². The summed E-state index contributed by atoms with van der Waals surface area (Å²) in [7, 11) is 5.39. The number of H-pyrrole nitrogens is 1. The number of nitrogens with one attached hydrogen (secondary N) is 2. The van der Waals surface area contributed by atoms with Crippen LogP contribution in [0.5, 0.6) is 5.75 Å². The van der Waals surface area contributed by atoms with Crippen LogP contribution in [0, 0.1) is 29.6 Å². The minimum absolute atomic E-state index is 0.00944. The first-order valence-corrected chi connectivity index (χ1v) is 18.6. The fourth-order valence-electron chi connectivity index (χ4n) is 11.8. The van der Waals surface area contributed by atoms with Crippen LogP contribution in [0.2, 0.25) is 0 Å². The van der Waals surface area contributed by atoms with Crippen molar-refractivity contribution >= 4 is 28.3 Å². The topological polar surface area (TPSA) is 86.9 Å². The van der Waals surface area contributed by atoms with Crippen LogP contribution >= 0.6 is 0 Å². The molecule has 1 unspecified atom stereocenters. The molecule has 5 aliphatic heterocycles. The highest BCUT2D eigenvalue weighted by atomic mass is 16.5. The molecular formula is C41H50N4O4. The molecule has 3 aromatic rings. The predicted octanol–water partition coefficient (Wildman–Crippen LogP) is 6.41. The number of benzene rings is 2. The van der Waals surface area contributed by atoms with E-state index in [4.69, 9.17) is 9.47 Å². The van der Waals surface area contributed by atoms with Gasteiger partial charge in [-0.15, -0.1) is 0 Å². The lowest BCUT2D eigenvalue weighted by Gasteiger charge is -2.62. The number of hydrogen-bond acceptors (Lipinski definition) is 7. The zero-order chi connectivity index (χ0) is 33.8. The number of rotatable bonds is 4. The summed E-state index contributed by atoms with van der Waals surface area (Å²) >= 11 is 0. The summed E-state index contributed by atoms with van der Waals surface area (Å²) < 4.78 is 11.8. The number of aromatic nitrogens is 1. The second-order valence-corrected chi connectivity index (χ2v) is 16.0. The Morgan fingerprint density at radius 1 is 1.14 bits per heavy atom. The van der Waals surface area contributed by atoms with E-state index in [-0.39, 0.29) is 35.5 Å². The molecule has 258 valence electrons. The van der Waals surface area contributed by atoms with Crippen molar-refractivity contribution in [1.29, 1.82) is 0 Å². The number of likely N-dealkylation sites (N-methyl/N-ethyl adjacent to an activating group) is 1. The van der Waals surface area contributed by atoms with Crippen molar-refractivity contribution < 1.29 is 19.1 Å². The average Bonchev–Trinajstić information content (AvgIpc) is 3.62. The van der Waals surface area contributed by atoms with E-state index in [1.54, 1.807) is 7.11 Å². The van der Waals surface area contributed by atoms with Crippen LogP contribution in [-0.4, -0.2) is 85.1 Å². The fourth-order valence-corrected chi connectivity index (χ4v) is 11.8. The molecule has 2 aromatic carbocycles. The predicted molar refractivity (Wildman–Crippen MR) is 191 cm³/mol.